The van der Waals surface area contributed by atoms with Crippen LogP contribution < -0.4 is 5.32 Å². The second-order valence-corrected chi connectivity index (χ2v) is 8.13. The van der Waals surface area contributed by atoms with Gasteiger partial charge in [-0.25, -0.2) is 0 Å². The van der Waals surface area contributed by atoms with Gasteiger partial charge in [0.15, 0.2) is 5.82 Å². The molecule has 4 aromatic rings. The van der Waals surface area contributed by atoms with E-state index in [1.54, 1.807) is 17.8 Å². The van der Waals surface area contributed by atoms with E-state index in [1.807, 2.05) is 48.5 Å². The largest absolute Gasteiger partial charge is 0.304 e. The number of nitrogens with one attached hydrogen (secondary N) is 2. The number of carbonyl (C=O) groups is 1. The summed E-state index contributed by atoms with van der Waals surface area (Å²) in [5.74, 6) is -0.281. The molecule has 1 aromatic heterocycles. The lowest BCUT2D eigenvalue weighted by molar-refractivity contribution is -0.385. The van der Waals surface area contributed by atoms with Gasteiger partial charge in [0.05, 0.1) is 10.4 Å². The van der Waals surface area contributed by atoms with Gasteiger partial charge in [-0.1, -0.05) is 45.9 Å². The number of amides is 1. The van der Waals surface area contributed by atoms with Gasteiger partial charge in [0.2, 0.25) is 0 Å². The second-order valence-electron chi connectivity index (χ2n) is 6.07. The Kier molecular flexibility index (Phi) is 5.32. The molecule has 2 N–H and O–H groups in total. The maximum atomic E-state index is 12.7. The zero-order chi connectivity index (χ0) is 20.4. The van der Waals surface area contributed by atoms with E-state index in [4.69, 9.17) is 0 Å². The lowest BCUT2D eigenvalue weighted by Crippen LogP contribution is -2.14. The maximum Gasteiger partial charge on any atom is 0.283 e. The van der Waals surface area contributed by atoms with Gasteiger partial charge < -0.3 is 5.32 Å². The number of nitrogens with zero attached hydrogens (tertiary/aromatic N) is 2. The van der Waals surface area contributed by atoms with E-state index in [1.165, 1.54) is 12.1 Å². The Bertz CT molecular complexity index is 1230. The second kappa shape index (κ2) is 8.06. The summed E-state index contributed by atoms with van der Waals surface area (Å²) < 4.78 is 0.522. The Morgan fingerprint density at radius 2 is 1.86 bits per heavy atom. The zero-order valence-corrected chi connectivity index (χ0v) is 17.2. The molecule has 7 nitrogen and oxygen atoms in total. The third kappa shape index (κ3) is 4.15. The Morgan fingerprint density at radius 1 is 1.07 bits per heavy atom. The van der Waals surface area contributed by atoms with Gasteiger partial charge in [0.25, 0.3) is 11.6 Å². The number of hydrogen-bond acceptors (Lipinski definition) is 5. The van der Waals surface area contributed by atoms with Crippen molar-refractivity contribution in [2.75, 3.05) is 5.32 Å². The van der Waals surface area contributed by atoms with Crippen LogP contribution in [0.3, 0.4) is 0 Å². The number of fused-ring (bicyclic) bond motifs is 1. The van der Waals surface area contributed by atoms with Gasteiger partial charge in [0, 0.05) is 25.7 Å². The van der Waals surface area contributed by atoms with Crippen molar-refractivity contribution < 1.29 is 9.72 Å². The molecular formula is C20H13BrN4O3S. The van der Waals surface area contributed by atoms with E-state index < -0.39 is 10.8 Å². The van der Waals surface area contributed by atoms with Gasteiger partial charge in [-0.05, 0) is 42.5 Å². The Hall–Kier alpha value is -3.17. The number of hydrogen-bond donors (Lipinski definition) is 2. The SMILES string of the molecule is O=C(Nc1n[nH]c2ccc(Sc3ccccc3)cc12)c1ccc(Br)cc1[N+](=O)[O-]. The minimum atomic E-state index is -0.598. The standard InChI is InChI=1S/C20H13BrN4O3S/c21-12-6-8-15(18(10-12)25(27)28)20(26)22-19-16-11-14(7-9-17(16)23-24-19)29-13-4-2-1-3-5-13/h1-11H,(H2,22,23,24,26). The van der Waals surface area contributed by atoms with E-state index in [9.17, 15) is 14.9 Å². The van der Waals surface area contributed by atoms with Crippen LogP contribution in [0, 0.1) is 10.1 Å². The fraction of sp³-hybridized carbons (Fsp3) is 0. The third-order valence-corrected chi connectivity index (χ3v) is 5.64. The summed E-state index contributed by atoms with van der Waals surface area (Å²) in [6.45, 7) is 0. The van der Waals surface area contributed by atoms with Crippen LogP contribution in [-0.4, -0.2) is 21.0 Å². The number of nitro groups is 1. The number of anilines is 1. The summed E-state index contributed by atoms with van der Waals surface area (Å²) in [4.78, 5) is 25.5. The zero-order valence-electron chi connectivity index (χ0n) is 14.8. The molecule has 3 aromatic carbocycles. The molecule has 4 rings (SSSR count). The summed E-state index contributed by atoms with van der Waals surface area (Å²) in [6, 6.07) is 20.0. The summed E-state index contributed by atoms with van der Waals surface area (Å²) in [5.41, 5.74) is 0.434. The smallest absolute Gasteiger partial charge is 0.283 e. The van der Waals surface area contributed by atoms with E-state index in [0.717, 1.165) is 20.7 Å². The molecule has 0 radical (unpaired) electrons. The molecule has 0 bridgehead atoms. The van der Waals surface area contributed by atoms with Crippen LogP contribution in [0.5, 0.6) is 0 Å². The molecule has 0 aliphatic heterocycles. The molecule has 0 aliphatic carbocycles. The Balaban J connectivity index is 1.64. The molecule has 9 heteroatoms. The number of rotatable bonds is 5. The predicted molar refractivity (Wildman–Crippen MR) is 115 cm³/mol. The van der Waals surface area contributed by atoms with Crippen LogP contribution in [0.4, 0.5) is 11.5 Å². The Morgan fingerprint density at radius 3 is 2.62 bits per heavy atom. The van der Waals surface area contributed by atoms with Crippen LogP contribution in [0.2, 0.25) is 0 Å². The first-order chi connectivity index (χ1) is 14.0. The molecule has 0 unspecified atom stereocenters. The highest BCUT2D eigenvalue weighted by Crippen LogP contribution is 2.32. The topological polar surface area (TPSA) is 101 Å². The fourth-order valence-corrected chi connectivity index (χ4v) is 4.03. The molecule has 1 amide bonds. The van der Waals surface area contributed by atoms with E-state index in [2.05, 4.69) is 31.4 Å². The first kappa shape index (κ1) is 19.2. The molecule has 0 aliphatic rings. The summed E-state index contributed by atoms with van der Waals surface area (Å²) in [7, 11) is 0. The van der Waals surface area contributed by atoms with Crippen LogP contribution in [-0.2, 0) is 0 Å². The van der Waals surface area contributed by atoms with E-state index in [-0.39, 0.29) is 11.3 Å². The third-order valence-electron chi connectivity index (χ3n) is 4.15. The highest BCUT2D eigenvalue weighted by atomic mass is 79.9. The first-order valence-electron chi connectivity index (χ1n) is 8.47. The molecule has 1 heterocycles. The van der Waals surface area contributed by atoms with Crippen LogP contribution in [0.15, 0.2) is 81.0 Å². The maximum absolute atomic E-state index is 12.7. The number of aromatic nitrogens is 2. The van der Waals surface area contributed by atoms with Crippen molar-refractivity contribution in [1.82, 2.24) is 10.2 Å². The van der Waals surface area contributed by atoms with Crippen molar-refractivity contribution in [3.63, 3.8) is 0 Å². The number of carbonyl (C=O) groups excluding carboxylic acids is 1. The highest BCUT2D eigenvalue weighted by molar-refractivity contribution is 9.10. The average Bonchev–Trinajstić information content (AvgIpc) is 3.10. The van der Waals surface area contributed by atoms with Crippen molar-refractivity contribution in [3.8, 4) is 0 Å². The molecule has 29 heavy (non-hydrogen) atoms. The molecule has 144 valence electrons. The van der Waals surface area contributed by atoms with Gasteiger partial charge in [-0.2, -0.15) is 5.10 Å². The van der Waals surface area contributed by atoms with Crippen LogP contribution >= 0.6 is 27.7 Å². The fourth-order valence-electron chi connectivity index (χ4n) is 2.80. The number of benzene rings is 3. The predicted octanol–water partition coefficient (Wildman–Crippen LogP) is 5.64. The van der Waals surface area contributed by atoms with E-state index in [0.29, 0.717) is 10.3 Å². The quantitative estimate of drug-likeness (QED) is 0.291. The van der Waals surface area contributed by atoms with Crippen molar-refractivity contribution >= 4 is 56.0 Å². The summed E-state index contributed by atoms with van der Waals surface area (Å²) >= 11 is 4.78. The lowest BCUT2D eigenvalue weighted by atomic mass is 10.1. The molecule has 0 saturated heterocycles. The normalized spacial score (nSPS) is 10.8. The number of aromatic amines is 1. The van der Waals surface area contributed by atoms with E-state index >= 15 is 0 Å². The number of halogens is 1. The van der Waals surface area contributed by atoms with Gasteiger partial charge in [-0.3, -0.25) is 20.0 Å². The minimum Gasteiger partial charge on any atom is -0.304 e. The number of nitro benzene ring substituents is 1. The van der Waals surface area contributed by atoms with Crippen molar-refractivity contribution in [2.24, 2.45) is 0 Å². The van der Waals surface area contributed by atoms with Crippen LogP contribution in [0.25, 0.3) is 10.9 Å². The molecular weight excluding hydrogens is 456 g/mol. The van der Waals surface area contributed by atoms with Gasteiger partial charge in [-0.15, -0.1) is 0 Å². The molecule has 0 spiro atoms. The molecule has 0 atom stereocenters. The summed E-state index contributed by atoms with van der Waals surface area (Å²) in [5, 5.41) is 21.7. The first-order valence-corrected chi connectivity index (χ1v) is 10.1. The van der Waals surface area contributed by atoms with Crippen molar-refractivity contribution in [1.29, 1.82) is 0 Å². The lowest BCUT2D eigenvalue weighted by Gasteiger charge is -2.05. The van der Waals surface area contributed by atoms with Crippen molar-refractivity contribution in [2.45, 2.75) is 9.79 Å². The minimum absolute atomic E-state index is 0.0378. The average molecular weight is 469 g/mol. The summed E-state index contributed by atoms with van der Waals surface area (Å²) in [6.07, 6.45) is 0. The molecule has 0 saturated carbocycles. The van der Waals surface area contributed by atoms with Gasteiger partial charge in [0.1, 0.15) is 5.56 Å². The highest BCUT2D eigenvalue weighted by Gasteiger charge is 2.22. The monoisotopic (exact) mass is 468 g/mol. The number of H-pyrrole nitrogens is 1. The van der Waals surface area contributed by atoms with Crippen molar-refractivity contribution in [3.05, 3.63) is 86.9 Å². The van der Waals surface area contributed by atoms with Gasteiger partial charge >= 0.3 is 0 Å². The molecule has 0 fully saturated rings. The Labute approximate surface area is 177 Å². The van der Waals surface area contributed by atoms with Crippen LogP contribution in [0.1, 0.15) is 10.4 Å².